The first kappa shape index (κ1) is 13.5. The minimum absolute atomic E-state index is 0.0229. The van der Waals surface area contributed by atoms with Gasteiger partial charge in [0.25, 0.3) is 0 Å². The molecule has 106 valence electrons. The summed E-state index contributed by atoms with van der Waals surface area (Å²) in [4.78, 5) is 12.2. The van der Waals surface area contributed by atoms with Crippen molar-refractivity contribution < 1.29 is 5.11 Å². The van der Waals surface area contributed by atoms with Crippen LogP contribution in [0.5, 0.6) is 0 Å². The Labute approximate surface area is 125 Å². The zero-order valence-corrected chi connectivity index (χ0v) is 12.4. The molecule has 0 amide bonds. The van der Waals surface area contributed by atoms with E-state index in [1.807, 2.05) is 12.5 Å². The van der Waals surface area contributed by atoms with Gasteiger partial charge in [-0.1, -0.05) is 0 Å². The van der Waals surface area contributed by atoms with Gasteiger partial charge in [0.1, 0.15) is 12.1 Å². The molecule has 2 aromatic rings. The Balaban J connectivity index is 1.62. The lowest BCUT2D eigenvalue weighted by Gasteiger charge is -2.17. The lowest BCUT2D eigenvalue weighted by Crippen LogP contribution is -2.28. The average Bonchev–Trinajstić information content (AvgIpc) is 3.04. The van der Waals surface area contributed by atoms with Gasteiger partial charge in [-0.2, -0.15) is 0 Å². The first-order valence-corrected chi connectivity index (χ1v) is 7.37. The third-order valence-corrected chi connectivity index (χ3v) is 4.22. The largest absolute Gasteiger partial charge is 0.391 e. The topological polar surface area (TPSA) is 75.9 Å². The van der Waals surface area contributed by atoms with Crippen molar-refractivity contribution in [2.75, 3.05) is 5.32 Å². The van der Waals surface area contributed by atoms with E-state index in [1.54, 1.807) is 12.4 Å². The van der Waals surface area contributed by atoms with E-state index in [-0.39, 0.29) is 12.1 Å². The van der Waals surface area contributed by atoms with Gasteiger partial charge < -0.3 is 15.0 Å². The van der Waals surface area contributed by atoms with E-state index in [4.69, 9.17) is 0 Å². The van der Waals surface area contributed by atoms with E-state index in [9.17, 15) is 5.11 Å². The molecule has 2 aromatic heterocycles. The van der Waals surface area contributed by atoms with Gasteiger partial charge in [0, 0.05) is 25.1 Å². The summed E-state index contributed by atoms with van der Waals surface area (Å²) in [5, 5.41) is 13.5. The fraction of sp³-hybridized carbons (Fsp3) is 0.462. The Morgan fingerprint density at radius 3 is 3.05 bits per heavy atom. The van der Waals surface area contributed by atoms with Gasteiger partial charge in [-0.25, -0.2) is 15.0 Å². The lowest BCUT2D eigenvalue weighted by atomic mass is 10.1. The fourth-order valence-corrected chi connectivity index (χ4v) is 3.04. The molecule has 20 heavy (non-hydrogen) atoms. The number of hydrogen-bond donors (Lipinski definition) is 2. The fourth-order valence-electron chi connectivity index (χ4n) is 2.71. The van der Waals surface area contributed by atoms with Gasteiger partial charge in [0.15, 0.2) is 0 Å². The molecule has 1 fully saturated rings. The number of nitrogens with zero attached hydrogens (tertiary/aromatic N) is 4. The number of imidazole rings is 1. The molecule has 2 heterocycles. The lowest BCUT2D eigenvalue weighted by molar-refractivity contribution is 0.166. The van der Waals surface area contributed by atoms with Crippen molar-refractivity contribution in [1.29, 1.82) is 0 Å². The molecule has 1 saturated carbocycles. The highest BCUT2D eigenvalue weighted by atomic mass is 79.9. The molecule has 1 unspecified atom stereocenters. The smallest absolute Gasteiger partial charge is 0.144 e. The Morgan fingerprint density at radius 1 is 1.40 bits per heavy atom. The van der Waals surface area contributed by atoms with Crippen molar-refractivity contribution >= 4 is 21.7 Å². The highest BCUT2D eigenvalue weighted by Gasteiger charge is 2.33. The molecule has 3 atom stereocenters. The molecule has 0 saturated heterocycles. The van der Waals surface area contributed by atoms with Crippen LogP contribution < -0.4 is 5.32 Å². The summed E-state index contributed by atoms with van der Waals surface area (Å²) < 4.78 is 2.87. The van der Waals surface area contributed by atoms with E-state index in [0.29, 0.717) is 5.92 Å². The molecule has 1 aliphatic rings. The van der Waals surface area contributed by atoms with Gasteiger partial charge in [-0.15, -0.1) is 0 Å². The number of halogens is 1. The van der Waals surface area contributed by atoms with E-state index in [2.05, 4.69) is 40.8 Å². The summed E-state index contributed by atoms with van der Waals surface area (Å²) in [5.41, 5.74) is 0. The summed E-state index contributed by atoms with van der Waals surface area (Å²) in [6, 6.07) is 0.0229. The molecular formula is C13H16BrN5O. The van der Waals surface area contributed by atoms with Crippen LogP contribution >= 0.6 is 15.9 Å². The van der Waals surface area contributed by atoms with Crippen LogP contribution in [0.4, 0.5) is 5.82 Å². The highest BCUT2D eigenvalue weighted by Crippen LogP contribution is 2.30. The van der Waals surface area contributed by atoms with Crippen LogP contribution in [0.3, 0.4) is 0 Å². The maximum absolute atomic E-state index is 10.2. The minimum atomic E-state index is -0.356. The predicted octanol–water partition coefficient (Wildman–Crippen LogP) is 1.69. The van der Waals surface area contributed by atoms with Crippen LogP contribution in [0.15, 0.2) is 35.7 Å². The number of rotatable bonds is 4. The van der Waals surface area contributed by atoms with Gasteiger partial charge in [0.05, 0.1) is 22.9 Å². The van der Waals surface area contributed by atoms with Crippen molar-refractivity contribution in [2.24, 2.45) is 5.92 Å². The summed E-state index contributed by atoms with van der Waals surface area (Å²) in [6.45, 7) is 0.889. The van der Waals surface area contributed by atoms with E-state index in [1.165, 1.54) is 6.33 Å². The second-order valence-corrected chi connectivity index (χ2v) is 5.99. The molecule has 1 aliphatic carbocycles. The quantitative estimate of drug-likeness (QED) is 0.887. The second-order valence-electron chi connectivity index (χ2n) is 5.13. The first-order valence-electron chi connectivity index (χ1n) is 6.58. The predicted molar refractivity (Wildman–Crippen MR) is 78.1 cm³/mol. The molecule has 7 heteroatoms. The first-order chi connectivity index (χ1) is 9.72. The molecule has 0 radical (unpaired) electrons. The summed E-state index contributed by atoms with van der Waals surface area (Å²) in [5.74, 6) is 1.17. The summed E-state index contributed by atoms with van der Waals surface area (Å²) in [7, 11) is 0. The molecule has 0 spiro atoms. The third kappa shape index (κ3) is 2.99. The van der Waals surface area contributed by atoms with Gasteiger partial charge in [-0.3, -0.25) is 0 Å². The Bertz CT molecular complexity index is 562. The van der Waals surface area contributed by atoms with Gasteiger partial charge in [0.2, 0.25) is 0 Å². The minimum Gasteiger partial charge on any atom is -0.391 e. The zero-order valence-electron chi connectivity index (χ0n) is 10.9. The monoisotopic (exact) mass is 337 g/mol. The van der Waals surface area contributed by atoms with Crippen molar-refractivity contribution in [2.45, 2.75) is 31.5 Å². The Hall–Kier alpha value is -1.47. The maximum atomic E-state index is 10.2. The van der Waals surface area contributed by atoms with Crippen LogP contribution in [-0.2, 0) is 6.54 Å². The van der Waals surface area contributed by atoms with Crippen LogP contribution in [0.25, 0.3) is 0 Å². The second kappa shape index (κ2) is 5.88. The van der Waals surface area contributed by atoms with Crippen LogP contribution in [0.1, 0.15) is 12.8 Å². The van der Waals surface area contributed by atoms with Gasteiger partial charge >= 0.3 is 0 Å². The molecule has 0 aliphatic heterocycles. The number of anilines is 1. The van der Waals surface area contributed by atoms with Crippen molar-refractivity contribution in [3.05, 3.63) is 35.7 Å². The maximum Gasteiger partial charge on any atom is 0.144 e. The van der Waals surface area contributed by atoms with Crippen LogP contribution in [-0.4, -0.2) is 36.8 Å². The molecular weight excluding hydrogens is 322 g/mol. The average molecular weight is 338 g/mol. The number of hydrogen-bond acceptors (Lipinski definition) is 5. The number of aromatic nitrogens is 4. The van der Waals surface area contributed by atoms with Crippen molar-refractivity contribution in [3.63, 3.8) is 0 Å². The zero-order chi connectivity index (χ0) is 13.9. The number of aliphatic hydroxyl groups excluding tert-OH is 1. The number of nitrogens with one attached hydrogen (secondary N) is 1. The van der Waals surface area contributed by atoms with Crippen molar-refractivity contribution in [1.82, 2.24) is 19.5 Å². The van der Waals surface area contributed by atoms with Crippen LogP contribution in [0.2, 0.25) is 0 Å². The summed E-state index contributed by atoms with van der Waals surface area (Å²) in [6.07, 6.45) is 10.1. The standard InChI is InChI=1S/C13H16BrN5O/c14-10-5-16-7-17-13(10)18-11-3-9(4-12(11)20)6-19-2-1-15-8-19/h1-2,5,7-9,11-12,20H,3-4,6H2,(H,16,17,18)/t9?,11-,12-/m1/s1. The Kier molecular flexibility index (Phi) is 3.98. The van der Waals surface area contributed by atoms with E-state index >= 15 is 0 Å². The Morgan fingerprint density at radius 2 is 2.30 bits per heavy atom. The van der Waals surface area contributed by atoms with Crippen LogP contribution in [0, 0.1) is 5.92 Å². The summed E-state index contributed by atoms with van der Waals surface area (Å²) >= 11 is 3.41. The molecule has 3 rings (SSSR count). The molecule has 6 nitrogen and oxygen atoms in total. The van der Waals surface area contributed by atoms with E-state index in [0.717, 1.165) is 29.7 Å². The highest BCUT2D eigenvalue weighted by molar-refractivity contribution is 9.10. The third-order valence-electron chi connectivity index (χ3n) is 3.64. The molecule has 0 bridgehead atoms. The van der Waals surface area contributed by atoms with Gasteiger partial charge in [-0.05, 0) is 34.7 Å². The molecule has 2 N–H and O–H groups in total. The SMILES string of the molecule is O[C@@H]1CC(Cn2ccnc2)C[C@H]1Nc1ncncc1Br. The number of aliphatic hydroxyl groups is 1. The molecule has 0 aromatic carbocycles. The normalized spacial score (nSPS) is 25.8. The van der Waals surface area contributed by atoms with Crippen molar-refractivity contribution in [3.8, 4) is 0 Å². The van der Waals surface area contributed by atoms with E-state index < -0.39 is 0 Å².